The van der Waals surface area contributed by atoms with Crippen LogP contribution in [0.5, 0.6) is 11.5 Å². The van der Waals surface area contributed by atoms with Gasteiger partial charge in [0.05, 0.1) is 21.8 Å². The number of carbonyl (C=O) groups excluding carboxylic acids is 2. The summed E-state index contributed by atoms with van der Waals surface area (Å²) >= 11 is 1.32. The van der Waals surface area contributed by atoms with E-state index in [1.165, 1.54) is 16.2 Å². The number of amides is 1. The largest absolute Gasteiger partial charge is 0.507 e. The lowest BCUT2D eigenvalue weighted by molar-refractivity contribution is -0.132. The molecular formula is C26H19N3O5S. The Kier molecular flexibility index (Phi) is 5.00. The number of hydrogen-bond donors (Lipinski definition) is 1. The molecule has 2 aromatic carbocycles. The lowest BCUT2D eigenvalue weighted by atomic mass is 9.96. The van der Waals surface area contributed by atoms with E-state index in [9.17, 15) is 14.7 Å². The van der Waals surface area contributed by atoms with Crippen LogP contribution in [0, 0.1) is 6.92 Å². The average molecular weight is 486 g/mol. The number of carbonyl (C=O) groups is 2. The number of pyridine rings is 1. The fraction of sp³-hybridized carbons (Fsp3) is 0.154. The van der Waals surface area contributed by atoms with Gasteiger partial charge in [-0.25, -0.2) is 4.98 Å². The van der Waals surface area contributed by atoms with E-state index in [1.807, 2.05) is 25.1 Å². The number of aromatic nitrogens is 2. The third-order valence-corrected chi connectivity index (χ3v) is 7.02. The van der Waals surface area contributed by atoms with Crippen molar-refractivity contribution in [2.75, 3.05) is 18.1 Å². The van der Waals surface area contributed by atoms with Crippen molar-refractivity contribution in [3.05, 3.63) is 83.2 Å². The Hall–Kier alpha value is -4.24. The van der Waals surface area contributed by atoms with Gasteiger partial charge in [-0.2, -0.15) is 0 Å². The molecule has 4 heterocycles. The maximum absolute atomic E-state index is 13.3. The van der Waals surface area contributed by atoms with Crippen molar-refractivity contribution < 1.29 is 24.2 Å². The number of aliphatic hydroxyl groups is 1. The number of fused-ring (bicyclic) bond motifs is 2. The molecule has 9 heteroatoms. The van der Waals surface area contributed by atoms with Gasteiger partial charge in [0.2, 0.25) is 0 Å². The van der Waals surface area contributed by atoms with Crippen molar-refractivity contribution in [3.63, 3.8) is 0 Å². The van der Waals surface area contributed by atoms with E-state index in [4.69, 9.17) is 9.47 Å². The number of anilines is 1. The quantitative estimate of drug-likeness (QED) is 0.261. The molecule has 6 rings (SSSR count). The van der Waals surface area contributed by atoms with Crippen LogP contribution in [0.2, 0.25) is 0 Å². The molecule has 1 atom stereocenters. The number of ether oxygens (including phenoxy) is 2. The molecule has 1 fully saturated rings. The zero-order valence-corrected chi connectivity index (χ0v) is 19.4. The minimum Gasteiger partial charge on any atom is -0.507 e. The number of thiazole rings is 1. The Bertz CT molecular complexity index is 1530. The summed E-state index contributed by atoms with van der Waals surface area (Å²) in [5.41, 5.74) is 2.70. The molecule has 1 amide bonds. The van der Waals surface area contributed by atoms with Crippen molar-refractivity contribution in [2.24, 2.45) is 0 Å². The summed E-state index contributed by atoms with van der Waals surface area (Å²) in [7, 11) is 0. The first kappa shape index (κ1) is 21.3. The van der Waals surface area contributed by atoms with Gasteiger partial charge in [-0.15, -0.1) is 0 Å². The van der Waals surface area contributed by atoms with Gasteiger partial charge in [0.15, 0.2) is 16.6 Å². The number of ketones is 1. The SMILES string of the molecule is Cc1ccc2nc(N3C(=O)C(=O)C(=C(O)c4ccc5c(c4)OCCO5)[C@@H]3c3cccnc3)sc2c1. The molecule has 2 aliphatic heterocycles. The molecular weight excluding hydrogens is 466 g/mol. The summed E-state index contributed by atoms with van der Waals surface area (Å²) in [4.78, 5) is 36.8. The zero-order valence-electron chi connectivity index (χ0n) is 18.6. The molecule has 4 aromatic rings. The van der Waals surface area contributed by atoms with E-state index in [2.05, 4.69) is 9.97 Å². The standard InChI is InChI=1S/C26H19N3O5S/c1-14-4-6-17-20(11-14)35-26(28-17)29-22(16-3-2-8-27-13-16)21(24(31)25(29)32)23(30)15-5-7-18-19(12-15)34-10-9-33-18/h2-8,11-13,22,30H,9-10H2,1H3/t22-/m0/s1. The number of rotatable bonds is 3. The van der Waals surface area contributed by atoms with Gasteiger partial charge < -0.3 is 14.6 Å². The first-order valence-corrected chi connectivity index (χ1v) is 11.8. The fourth-order valence-electron chi connectivity index (χ4n) is 4.35. The number of Topliss-reactive ketones (excluding diaryl/α,β-unsaturated/α-hetero) is 1. The molecule has 0 bridgehead atoms. The maximum Gasteiger partial charge on any atom is 0.301 e. The van der Waals surface area contributed by atoms with Crippen LogP contribution in [0.25, 0.3) is 16.0 Å². The normalized spacial score (nSPS) is 18.9. The molecule has 0 aliphatic carbocycles. The van der Waals surface area contributed by atoms with Gasteiger partial charge in [-0.1, -0.05) is 23.5 Å². The molecule has 2 aliphatic rings. The Balaban J connectivity index is 1.53. The van der Waals surface area contributed by atoms with E-state index in [0.29, 0.717) is 41.0 Å². The Labute approximate surface area is 204 Å². The van der Waals surface area contributed by atoms with E-state index in [1.54, 1.807) is 42.7 Å². The van der Waals surface area contributed by atoms with Crippen LogP contribution in [0.3, 0.4) is 0 Å². The minimum atomic E-state index is -0.890. The molecule has 0 spiro atoms. The van der Waals surface area contributed by atoms with Crippen LogP contribution >= 0.6 is 11.3 Å². The average Bonchev–Trinajstić information content (AvgIpc) is 3.41. The fourth-order valence-corrected chi connectivity index (χ4v) is 5.44. The Morgan fingerprint density at radius 3 is 2.71 bits per heavy atom. The molecule has 1 N–H and O–H groups in total. The predicted molar refractivity (Wildman–Crippen MR) is 131 cm³/mol. The number of hydrogen-bond acceptors (Lipinski definition) is 8. The van der Waals surface area contributed by atoms with Crippen LogP contribution in [-0.4, -0.2) is 40.0 Å². The molecule has 2 aromatic heterocycles. The molecule has 0 radical (unpaired) electrons. The molecule has 1 saturated heterocycles. The summed E-state index contributed by atoms with van der Waals surface area (Å²) in [5, 5.41) is 11.7. The highest BCUT2D eigenvalue weighted by Crippen LogP contribution is 2.45. The van der Waals surface area contributed by atoms with E-state index < -0.39 is 17.7 Å². The molecule has 35 heavy (non-hydrogen) atoms. The summed E-state index contributed by atoms with van der Waals surface area (Å²) in [5.74, 6) is -0.820. The Morgan fingerprint density at radius 1 is 1.09 bits per heavy atom. The van der Waals surface area contributed by atoms with Crippen molar-refractivity contribution in [3.8, 4) is 11.5 Å². The van der Waals surface area contributed by atoms with Crippen molar-refractivity contribution in [1.29, 1.82) is 0 Å². The van der Waals surface area contributed by atoms with Crippen LogP contribution in [-0.2, 0) is 9.59 Å². The summed E-state index contributed by atoms with van der Waals surface area (Å²) < 4.78 is 12.1. The zero-order chi connectivity index (χ0) is 24.1. The van der Waals surface area contributed by atoms with E-state index in [-0.39, 0.29) is 11.3 Å². The van der Waals surface area contributed by atoms with Crippen LogP contribution in [0.1, 0.15) is 22.7 Å². The molecule has 0 unspecified atom stereocenters. The number of nitrogens with zero attached hydrogens (tertiary/aromatic N) is 3. The predicted octanol–water partition coefficient (Wildman–Crippen LogP) is 4.40. The maximum atomic E-state index is 13.3. The van der Waals surface area contributed by atoms with Gasteiger partial charge in [-0.05, 0) is 54.4 Å². The molecule has 174 valence electrons. The third-order valence-electron chi connectivity index (χ3n) is 6.00. The van der Waals surface area contributed by atoms with E-state index >= 15 is 0 Å². The van der Waals surface area contributed by atoms with Gasteiger partial charge in [0.1, 0.15) is 19.0 Å². The van der Waals surface area contributed by atoms with Gasteiger partial charge in [0.25, 0.3) is 5.78 Å². The van der Waals surface area contributed by atoms with Crippen LogP contribution in [0.15, 0.2) is 66.5 Å². The van der Waals surface area contributed by atoms with Gasteiger partial charge in [0, 0.05) is 18.0 Å². The van der Waals surface area contributed by atoms with Crippen LogP contribution in [0.4, 0.5) is 5.13 Å². The molecule has 8 nitrogen and oxygen atoms in total. The summed E-state index contributed by atoms with van der Waals surface area (Å²) in [6.45, 7) is 2.80. The third kappa shape index (κ3) is 3.52. The smallest absolute Gasteiger partial charge is 0.301 e. The second-order valence-electron chi connectivity index (χ2n) is 8.28. The summed E-state index contributed by atoms with van der Waals surface area (Å²) in [6.07, 6.45) is 3.19. The lowest BCUT2D eigenvalue weighted by Gasteiger charge is -2.23. The number of aliphatic hydroxyl groups excluding tert-OH is 1. The van der Waals surface area contributed by atoms with Gasteiger partial charge in [-0.3, -0.25) is 19.5 Å². The first-order valence-electron chi connectivity index (χ1n) is 11.0. The highest BCUT2D eigenvalue weighted by atomic mass is 32.1. The van der Waals surface area contributed by atoms with E-state index in [0.717, 1.165) is 15.8 Å². The van der Waals surface area contributed by atoms with Crippen molar-refractivity contribution >= 4 is 44.1 Å². The monoisotopic (exact) mass is 485 g/mol. The first-order chi connectivity index (χ1) is 17.0. The molecule has 0 saturated carbocycles. The highest BCUT2D eigenvalue weighted by molar-refractivity contribution is 7.22. The topological polar surface area (TPSA) is 102 Å². The Morgan fingerprint density at radius 2 is 1.91 bits per heavy atom. The number of aryl methyl sites for hydroxylation is 1. The van der Waals surface area contributed by atoms with Crippen LogP contribution < -0.4 is 14.4 Å². The summed E-state index contributed by atoms with van der Waals surface area (Å²) in [6, 6.07) is 13.3. The minimum absolute atomic E-state index is 0.0323. The van der Waals surface area contributed by atoms with Crippen molar-refractivity contribution in [2.45, 2.75) is 13.0 Å². The second-order valence-corrected chi connectivity index (χ2v) is 9.29. The number of benzene rings is 2. The van der Waals surface area contributed by atoms with Gasteiger partial charge >= 0.3 is 5.91 Å². The second kappa shape index (κ2) is 8.21. The lowest BCUT2D eigenvalue weighted by Crippen LogP contribution is -2.29. The highest BCUT2D eigenvalue weighted by Gasteiger charge is 2.48. The van der Waals surface area contributed by atoms with Crippen molar-refractivity contribution in [1.82, 2.24) is 9.97 Å².